The quantitative estimate of drug-likeness (QED) is 0.267. The van der Waals surface area contributed by atoms with Crippen molar-refractivity contribution in [2.75, 3.05) is 11.5 Å². The van der Waals surface area contributed by atoms with Gasteiger partial charge >= 0.3 is 0 Å². The highest BCUT2D eigenvalue weighted by Gasteiger charge is 2.48. The molecule has 2 atom stereocenters. The maximum atomic E-state index is 12.5. The number of carbonyl (C=O) groups is 1. The van der Waals surface area contributed by atoms with Crippen LogP contribution in [-0.4, -0.2) is 22.3 Å². The van der Waals surface area contributed by atoms with Crippen molar-refractivity contribution in [2.45, 2.75) is 30.6 Å². The Labute approximate surface area is 200 Å². The summed E-state index contributed by atoms with van der Waals surface area (Å²) in [6.07, 6.45) is 3.65. The lowest BCUT2D eigenvalue weighted by atomic mass is 9.92. The van der Waals surface area contributed by atoms with Crippen LogP contribution in [0.15, 0.2) is 60.8 Å². The number of ether oxygens (including phenoxy) is 1. The zero-order valence-electron chi connectivity index (χ0n) is 16.9. The summed E-state index contributed by atoms with van der Waals surface area (Å²) in [6, 6.07) is 17.0. The number of β-lactam (4-membered cyclic amide) rings is 1. The third-order valence-electron chi connectivity index (χ3n) is 5.34. The van der Waals surface area contributed by atoms with Gasteiger partial charge in [-0.1, -0.05) is 64.3 Å². The van der Waals surface area contributed by atoms with Crippen LogP contribution in [0.25, 0.3) is 0 Å². The van der Waals surface area contributed by atoms with Crippen LogP contribution in [0.1, 0.15) is 29.8 Å². The summed E-state index contributed by atoms with van der Waals surface area (Å²) in [5.41, 5.74) is 3.89. The molecule has 1 aliphatic heterocycles. The van der Waals surface area contributed by atoms with Crippen LogP contribution >= 0.6 is 39.1 Å². The molecule has 1 aromatic heterocycles. The number of nitrogens with zero attached hydrogens (tertiary/aromatic N) is 2. The summed E-state index contributed by atoms with van der Waals surface area (Å²) < 4.78 is 5.88. The molecule has 4 nitrogen and oxygen atoms in total. The van der Waals surface area contributed by atoms with Crippen LogP contribution in [0.5, 0.6) is 5.75 Å². The first kappa shape index (κ1) is 22.1. The van der Waals surface area contributed by atoms with Gasteiger partial charge in [0.05, 0.1) is 23.4 Å². The molecule has 0 N–H and O–H groups in total. The van der Waals surface area contributed by atoms with Gasteiger partial charge < -0.3 is 9.64 Å². The van der Waals surface area contributed by atoms with Crippen LogP contribution < -0.4 is 9.64 Å². The number of pyridine rings is 1. The number of carbonyl (C=O) groups excluding carboxylic acids is 1. The average Bonchev–Trinajstić information content (AvgIpc) is 2.79. The highest BCUT2D eigenvalue weighted by molar-refractivity contribution is 9.10. The van der Waals surface area contributed by atoms with E-state index in [0.29, 0.717) is 22.3 Å². The van der Waals surface area contributed by atoms with Gasteiger partial charge in [0, 0.05) is 23.3 Å². The third-order valence-corrected chi connectivity index (χ3v) is 6.77. The van der Waals surface area contributed by atoms with E-state index in [1.165, 1.54) is 5.56 Å². The molecule has 2 heterocycles. The fraction of sp³-hybridized carbons (Fsp3) is 0.250. The molecule has 1 saturated heterocycles. The number of alkyl halides is 1. The highest BCUT2D eigenvalue weighted by Crippen LogP contribution is 2.45. The van der Waals surface area contributed by atoms with E-state index in [0.717, 1.165) is 29.8 Å². The Kier molecular flexibility index (Phi) is 6.85. The third kappa shape index (κ3) is 4.74. The molecule has 160 valence electrons. The van der Waals surface area contributed by atoms with Gasteiger partial charge in [-0.05, 0) is 53.9 Å². The van der Waals surface area contributed by atoms with Crippen LogP contribution in [0, 0.1) is 0 Å². The first-order chi connectivity index (χ1) is 15.0. The number of anilines is 1. The summed E-state index contributed by atoms with van der Waals surface area (Å²) in [4.78, 5) is 18.4. The molecule has 0 bridgehead atoms. The molecule has 2 aromatic carbocycles. The van der Waals surface area contributed by atoms with Crippen molar-refractivity contribution in [1.29, 1.82) is 0 Å². The zero-order valence-corrected chi connectivity index (χ0v) is 20.0. The van der Waals surface area contributed by atoms with E-state index in [-0.39, 0.29) is 16.8 Å². The number of aryl methyl sites for hydroxylation is 1. The summed E-state index contributed by atoms with van der Waals surface area (Å²) in [5, 5.41) is 0.984. The van der Waals surface area contributed by atoms with Gasteiger partial charge in [0.25, 0.3) is 0 Å². The van der Waals surface area contributed by atoms with E-state index in [9.17, 15) is 4.79 Å². The minimum absolute atomic E-state index is 0.0314. The molecule has 0 radical (unpaired) electrons. The topological polar surface area (TPSA) is 42.4 Å². The van der Waals surface area contributed by atoms with E-state index < -0.39 is 0 Å². The lowest BCUT2D eigenvalue weighted by Crippen LogP contribution is -2.56. The van der Waals surface area contributed by atoms with Gasteiger partial charge in [0.1, 0.15) is 10.6 Å². The second kappa shape index (κ2) is 9.60. The fourth-order valence-corrected chi connectivity index (χ4v) is 4.83. The van der Waals surface area contributed by atoms with E-state index >= 15 is 0 Å². The van der Waals surface area contributed by atoms with Gasteiger partial charge in [0.15, 0.2) is 0 Å². The molecule has 2 unspecified atom stereocenters. The molecule has 7 heteroatoms. The maximum Gasteiger partial charge on any atom is 0.243 e. The molecule has 1 amide bonds. The molecule has 0 aliphatic carbocycles. The number of aromatic nitrogens is 1. The van der Waals surface area contributed by atoms with Crippen molar-refractivity contribution >= 4 is 50.7 Å². The van der Waals surface area contributed by atoms with Gasteiger partial charge in [-0.2, -0.15) is 0 Å². The van der Waals surface area contributed by atoms with E-state index in [1.807, 2.05) is 36.5 Å². The predicted molar refractivity (Wildman–Crippen MR) is 129 cm³/mol. The number of rotatable bonds is 7. The van der Waals surface area contributed by atoms with Crippen molar-refractivity contribution in [2.24, 2.45) is 0 Å². The predicted octanol–water partition coefficient (Wildman–Crippen LogP) is 6.42. The standard InChI is InChI=1S/C24H21BrCl2N2O2/c1-2-15-3-7-18(28-14-15)11-12-31-19-8-4-16(5-9-19)23-22(25)24(30)29(23)21-10-6-17(26)13-20(21)27/h3-10,13-14,22-23H,2,11-12H2,1H3. The highest BCUT2D eigenvalue weighted by atomic mass is 79.9. The number of hydrogen-bond donors (Lipinski definition) is 0. The molecule has 31 heavy (non-hydrogen) atoms. The molecule has 4 rings (SSSR count). The summed E-state index contributed by atoms with van der Waals surface area (Å²) in [5.74, 6) is 0.748. The van der Waals surface area contributed by atoms with E-state index in [2.05, 4.69) is 33.9 Å². The second-order valence-corrected chi connectivity index (χ2v) is 9.16. The first-order valence-electron chi connectivity index (χ1n) is 10.1. The lowest BCUT2D eigenvalue weighted by Gasteiger charge is -2.45. The molecule has 0 saturated carbocycles. The molecule has 1 fully saturated rings. The Morgan fingerprint density at radius 1 is 1.10 bits per heavy atom. The number of halogens is 3. The van der Waals surface area contributed by atoms with Crippen LogP contribution in [0.2, 0.25) is 10.0 Å². The lowest BCUT2D eigenvalue weighted by molar-refractivity contribution is -0.123. The van der Waals surface area contributed by atoms with Gasteiger partial charge in [-0.15, -0.1) is 0 Å². The molecular weight excluding hydrogens is 499 g/mol. The fourth-order valence-electron chi connectivity index (χ4n) is 3.56. The number of benzene rings is 2. The van der Waals surface area contributed by atoms with Crippen molar-refractivity contribution in [1.82, 2.24) is 4.98 Å². The Morgan fingerprint density at radius 3 is 2.52 bits per heavy atom. The van der Waals surface area contributed by atoms with E-state index in [4.69, 9.17) is 27.9 Å². The Bertz CT molecular complexity index is 1070. The minimum Gasteiger partial charge on any atom is -0.493 e. The molecular formula is C24H21BrCl2N2O2. The largest absolute Gasteiger partial charge is 0.493 e. The summed E-state index contributed by atoms with van der Waals surface area (Å²) in [7, 11) is 0. The zero-order chi connectivity index (χ0) is 22.0. The number of amides is 1. The van der Waals surface area contributed by atoms with E-state index in [1.54, 1.807) is 23.1 Å². The monoisotopic (exact) mass is 518 g/mol. The first-order valence-corrected chi connectivity index (χ1v) is 11.7. The summed E-state index contributed by atoms with van der Waals surface area (Å²) in [6.45, 7) is 2.66. The molecule has 0 spiro atoms. The Hall–Kier alpha value is -2.08. The average molecular weight is 520 g/mol. The van der Waals surface area contributed by atoms with Crippen molar-refractivity contribution in [3.05, 3.63) is 87.7 Å². The van der Waals surface area contributed by atoms with Crippen molar-refractivity contribution in [3.8, 4) is 5.75 Å². The maximum absolute atomic E-state index is 12.5. The SMILES string of the molecule is CCc1ccc(CCOc2ccc(C3C(Br)C(=O)N3c3ccc(Cl)cc3Cl)cc2)nc1. The van der Waals surface area contributed by atoms with Gasteiger partial charge in [-0.3, -0.25) is 9.78 Å². The number of hydrogen-bond acceptors (Lipinski definition) is 3. The molecule has 3 aromatic rings. The second-order valence-electron chi connectivity index (χ2n) is 7.33. The van der Waals surface area contributed by atoms with Gasteiger partial charge in [0.2, 0.25) is 5.91 Å². The molecule has 1 aliphatic rings. The smallest absolute Gasteiger partial charge is 0.243 e. The van der Waals surface area contributed by atoms with Crippen molar-refractivity contribution in [3.63, 3.8) is 0 Å². The van der Waals surface area contributed by atoms with Crippen molar-refractivity contribution < 1.29 is 9.53 Å². The van der Waals surface area contributed by atoms with Crippen LogP contribution in [0.3, 0.4) is 0 Å². The van der Waals surface area contributed by atoms with Crippen LogP contribution in [-0.2, 0) is 17.6 Å². The Balaban J connectivity index is 1.41. The Morgan fingerprint density at radius 2 is 1.87 bits per heavy atom. The van der Waals surface area contributed by atoms with Crippen LogP contribution in [0.4, 0.5) is 5.69 Å². The normalized spacial score (nSPS) is 18.1. The van der Waals surface area contributed by atoms with Gasteiger partial charge in [-0.25, -0.2) is 0 Å². The summed E-state index contributed by atoms with van der Waals surface area (Å²) >= 11 is 15.8. The minimum atomic E-state index is -0.303.